The van der Waals surface area contributed by atoms with Crippen LogP contribution < -0.4 is 15.6 Å². The van der Waals surface area contributed by atoms with Crippen molar-refractivity contribution in [3.05, 3.63) is 107 Å². The number of anilines is 1. The van der Waals surface area contributed by atoms with Crippen LogP contribution in [0.3, 0.4) is 0 Å². The first-order valence-electron chi connectivity index (χ1n) is 11.8. The Bertz CT molecular complexity index is 1780. The predicted molar refractivity (Wildman–Crippen MR) is 149 cm³/mol. The number of rotatable bonds is 6. The van der Waals surface area contributed by atoms with Crippen molar-refractivity contribution in [3.8, 4) is 22.7 Å². The van der Waals surface area contributed by atoms with E-state index >= 15 is 0 Å². The number of benzene rings is 2. The Labute approximate surface area is 217 Å². The van der Waals surface area contributed by atoms with Crippen molar-refractivity contribution in [1.29, 1.82) is 0 Å². The average Bonchev–Trinajstić information content (AvgIpc) is 3.43. The van der Waals surface area contributed by atoms with Gasteiger partial charge in [-0.25, -0.2) is 15.0 Å². The number of fused-ring (bicyclic) bond motifs is 2. The van der Waals surface area contributed by atoms with Gasteiger partial charge in [0.15, 0.2) is 5.82 Å². The number of para-hydroxylation sites is 1. The molecule has 0 radical (unpaired) electrons. The number of aromatic nitrogens is 4. The highest BCUT2D eigenvalue weighted by molar-refractivity contribution is 7.16. The second-order valence-electron chi connectivity index (χ2n) is 8.63. The van der Waals surface area contributed by atoms with E-state index in [2.05, 4.69) is 26.3 Å². The van der Waals surface area contributed by atoms with Crippen molar-refractivity contribution >= 4 is 38.1 Å². The third-order valence-corrected chi connectivity index (χ3v) is 7.19. The maximum atomic E-state index is 14.3. The monoisotopic (exact) mass is 505 g/mol. The van der Waals surface area contributed by atoms with E-state index in [4.69, 9.17) is 4.74 Å². The molecule has 6 aromatic rings. The fraction of sp³-hybridized carbons (Fsp3) is 0.103. The minimum absolute atomic E-state index is 0.0985. The Morgan fingerprint density at radius 2 is 1.84 bits per heavy atom. The minimum Gasteiger partial charge on any atom is -0.481 e. The van der Waals surface area contributed by atoms with E-state index in [-0.39, 0.29) is 11.6 Å². The maximum Gasteiger partial charge on any atom is 0.263 e. The first kappa shape index (κ1) is 22.9. The number of hydrogen-bond donors (Lipinski definition) is 1. The molecule has 4 aromatic heterocycles. The third kappa shape index (κ3) is 4.11. The van der Waals surface area contributed by atoms with Crippen LogP contribution >= 0.6 is 11.3 Å². The molecule has 0 saturated heterocycles. The molecule has 0 unspecified atom stereocenters. The van der Waals surface area contributed by atoms with Crippen LogP contribution in [0.2, 0.25) is 0 Å². The second kappa shape index (κ2) is 9.48. The molecular formula is C29H23N5O2S. The summed E-state index contributed by atoms with van der Waals surface area (Å²) in [5, 5.41) is 4.99. The molecule has 0 aliphatic heterocycles. The van der Waals surface area contributed by atoms with Crippen LogP contribution in [0, 0.1) is 0 Å². The van der Waals surface area contributed by atoms with Gasteiger partial charge in [-0.3, -0.25) is 9.36 Å². The Morgan fingerprint density at radius 3 is 2.62 bits per heavy atom. The molecule has 0 saturated carbocycles. The predicted octanol–water partition coefficient (Wildman–Crippen LogP) is 6.24. The van der Waals surface area contributed by atoms with Crippen LogP contribution in [0.15, 0.2) is 95.5 Å². The smallest absolute Gasteiger partial charge is 0.263 e. The van der Waals surface area contributed by atoms with Crippen LogP contribution in [-0.2, 0) is 0 Å². The summed E-state index contributed by atoms with van der Waals surface area (Å²) in [4.78, 5) is 27.6. The quantitative estimate of drug-likeness (QED) is 0.289. The molecule has 6 rings (SSSR count). The summed E-state index contributed by atoms with van der Waals surface area (Å²) in [6.45, 7) is 2.03. The van der Waals surface area contributed by atoms with E-state index in [1.54, 1.807) is 41.5 Å². The molecule has 1 N–H and O–H groups in total. The summed E-state index contributed by atoms with van der Waals surface area (Å²) in [6.07, 6.45) is 3.51. The number of ether oxygens (including phenoxy) is 1. The van der Waals surface area contributed by atoms with Crippen molar-refractivity contribution in [3.63, 3.8) is 0 Å². The van der Waals surface area contributed by atoms with Gasteiger partial charge in [-0.2, -0.15) is 0 Å². The van der Waals surface area contributed by atoms with Crippen LogP contribution in [0.1, 0.15) is 18.7 Å². The van der Waals surface area contributed by atoms with Gasteiger partial charge in [0.2, 0.25) is 5.88 Å². The molecule has 1 atom stereocenters. The number of pyridine rings is 3. The number of thiazole rings is 1. The first-order valence-corrected chi connectivity index (χ1v) is 12.7. The average molecular weight is 506 g/mol. The van der Waals surface area contributed by atoms with Gasteiger partial charge in [0.1, 0.15) is 5.52 Å². The van der Waals surface area contributed by atoms with Crippen molar-refractivity contribution in [1.82, 2.24) is 19.5 Å². The molecule has 0 aliphatic carbocycles. The van der Waals surface area contributed by atoms with E-state index in [1.807, 2.05) is 73.1 Å². The topological polar surface area (TPSA) is 81.9 Å². The summed E-state index contributed by atoms with van der Waals surface area (Å²) in [5.74, 6) is 1.22. The molecule has 0 aliphatic rings. The SMILES string of the molecule is COc1ccc(-c2cccc3cc([C@H](C)Nc4nccc5scnc45)n(-c4ccccc4)c(=O)c23)cn1. The number of nitrogens with zero attached hydrogens (tertiary/aromatic N) is 4. The zero-order chi connectivity index (χ0) is 25.4. The summed E-state index contributed by atoms with van der Waals surface area (Å²) in [6, 6.07) is 23.1. The van der Waals surface area contributed by atoms with Gasteiger partial charge in [-0.05, 0) is 48.2 Å². The van der Waals surface area contributed by atoms with Gasteiger partial charge in [0, 0.05) is 35.4 Å². The molecular weight excluding hydrogens is 482 g/mol. The molecule has 2 aromatic carbocycles. The van der Waals surface area contributed by atoms with E-state index in [9.17, 15) is 4.79 Å². The Balaban J connectivity index is 1.55. The van der Waals surface area contributed by atoms with Gasteiger partial charge < -0.3 is 10.1 Å². The molecule has 8 heteroatoms. The summed E-state index contributed by atoms with van der Waals surface area (Å²) in [5.41, 5.74) is 5.82. The standard InChI is InChI=1S/C29H23N5O2S/c1-18(33-28-27-24(13-14-30-28)37-17-32-27)23-15-19-7-6-10-22(20-11-12-25(36-2)31-16-20)26(19)29(35)34(23)21-8-4-3-5-9-21/h3-18H,1-2H3,(H,30,33)/t18-/m0/s1. The van der Waals surface area contributed by atoms with Crippen molar-refractivity contribution in [2.45, 2.75) is 13.0 Å². The molecule has 0 spiro atoms. The number of hydrogen-bond acceptors (Lipinski definition) is 7. The van der Waals surface area contributed by atoms with Crippen LogP contribution in [0.25, 0.3) is 37.8 Å². The fourth-order valence-electron chi connectivity index (χ4n) is 4.62. The van der Waals surface area contributed by atoms with Crippen molar-refractivity contribution < 1.29 is 4.74 Å². The Hall–Kier alpha value is -4.56. The molecule has 0 fully saturated rings. The lowest BCUT2D eigenvalue weighted by atomic mass is 9.99. The zero-order valence-corrected chi connectivity index (χ0v) is 21.1. The second-order valence-corrected chi connectivity index (χ2v) is 9.52. The number of nitrogens with one attached hydrogen (secondary N) is 1. The molecule has 37 heavy (non-hydrogen) atoms. The largest absolute Gasteiger partial charge is 0.481 e. The summed E-state index contributed by atoms with van der Waals surface area (Å²) in [7, 11) is 1.58. The third-order valence-electron chi connectivity index (χ3n) is 6.39. The lowest BCUT2D eigenvalue weighted by Crippen LogP contribution is -2.26. The van der Waals surface area contributed by atoms with Gasteiger partial charge in [-0.15, -0.1) is 11.3 Å². The van der Waals surface area contributed by atoms with Gasteiger partial charge in [0.25, 0.3) is 5.56 Å². The first-order chi connectivity index (χ1) is 18.1. The van der Waals surface area contributed by atoms with E-state index in [0.717, 1.165) is 38.1 Å². The maximum absolute atomic E-state index is 14.3. The van der Waals surface area contributed by atoms with E-state index in [1.165, 1.54) is 0 Å². The molecule has 7 nitrogen and oxygen atoms in total. The van der Waals surface area contributed by atoms with Crippen LogP contribution in [-0.4, -0.2) is 26.6 Å². The zero-order valence-electron chi connectivity index (χ0n) is 20.3. The number of methoxy groups -OCH3 is 1. The summed E-state index contributed by atoms with van der Waals surface area (Å²) >= 11 is 1.57. The fourth-order valence-corrected chi connectivity index (χ4v) is 5.29. The highest BCUT2D eigenvalue weighted by Crippen LogP contribution is 2.31. The molecule has 0 bridgehead atoms. The van der Waals surface area contributed by atoms with Gasteiger partial charge >= 0.3 is 0 Å². The minimum atomic E-state index is -0.233. The van der Waals surface area contributed by atoms with E-state index < -0.39 is 0 Å². The van der Waals surface area contributed by atoms with Crippen molar-refractivity contribution in [2.75, 3.05) is 12.4 Å². The normalized spacial score (nSPS) is 12.1. The van der Waals surface area contributed by atoms with E-state index in [0.29, 0.717) is 17.1 Å². The highest BCUT2D eigenvalue weighted by Gasteiger charge is 2.20. The summed E-state index contributed by atoms with van der Waals surface area (Å²) < 4.78 is 8.05. The Morgan fingerprint density at radius 1 is 0.973 bits per heavy atom. The lowest BCUT2D eigenvalue weighted by molar-refractivity contribution is 0.398. The van der Waals surface area contributed by atoms with Crippen LogP contribution in [0.4, 0.5) is 5.82 Å². The molecule has 0 amide bonds. The van der Waals surface area contributed by atoms with Gasteiger partial charge in [0.05, 0.1) is 28.7 Å². The van der Waals surface area contributed by atoms with Crippen molar-refractivity contribution in [2.24, 2.45) is 0 Å². The Kier molecular flexibility index (Phi) is 5.86. The molecule has 182 valence electrons. The van der Waals surface area contributed by atoms with Crippen LogP contribution in [0.5, 0.6) is 5.88 Å². The lowest BCUT2D eigenvalue weighted by Gasteiger charge is -2.22. The van der Waals surface area contributed by atoms with Gasteiger partial charge in [-0.1, -0.05) is 36.4 Å². The molecule has 4 heterocycles. The highest BCUT2D eigenvalue weighted by atomic mass is 32.1.